The lowest BCUT2D eigenvalue weighted by molar-refractivity contribution is -0.143. The number of esters is 1. The maximum absolute atomic E-state index is 10.6. The number of hydrogen-bond acceptors (Lipinski definition) is 3. The Morgan fingerprint density at radius 2 is 2.11 bits per heavy atom. The Hall–Kier alpha value is -0.570. The van der Waals surface area contributed by atoms with Crippen molar-refractivity contribution in [3.8, 4) is 0 Å². The predicted molar refractivity (Wildman–Crippen MR) is 30.7 cm³/mol. The van der Waals surface area contributed by atoms with E-state index in [-0.39, 0.29) is 18.0 Å². The van der Waals surface area contributed by atoms with Crippen LogP contribution in [-0.4, -0.2) is 23.3 Å². The molecule has 9 heavy (non-hydrogen) atoms. The number of hydrogen-bond donors (Lipinski definition) is 1. The molecule has 0 aromatic carbocycles. The predicted octanol–water partition coefficient (Wildman–Crippen LogP) is -0.0713. The molecule has 3 nitrogen and oxygen atoms in total. The number of carbonyl (C=O) groups is 1. The second-order valence-corrected chi connectivity index (χ2v) is 2.42. The fraction of sp³-hybridized carbons (Fsp3) is 0.833. The lowest BCUT2D eigenvalue weighted by Gasteiger charge is -2.05. The molecule has 1 saturated heterocycles. The molecule has 1 aliphatic heterocycles. The summed E-state index contributed by atoms with van der Waals surface area (Å²) in [5.41, 5.74) is 0. The van der Waals surface area contributed by atoms with E-state index in [2.05, 4.69) is 0 Å². The minimum Gasteiger partial charge on any atom is -0.460 e. The molecule has 3 heteroatoms. The first kappa shape index (κ1) is 6.55. The minimum atomic E-state index is -0.613. The third kappa shape index (κ3) is 0.920. The van der Waals surface area contributed by atoms with Crippen molar-refractivity contribution in [1.82, 2.24) is 0 Å². The fourth-order valence-corrected chi connectivity index (χ4v) is 0.906. The van der Waals surface area contributed by atoms with Crippen molar-refractivity contribution in [2.24, 2.45) is 5.92 Å². The lowest BCUT2D eigenvalue weighted by Crippen LogP contribution is -2.22. The second-order valence-electron chi connectivity index (χ2n) is 2.42. The first-order valence-corrected chi connectivity index (χ1v) is 3.01. The molecule has 0 aromatic rings. The molecular formula is C6H10O3. The highest BCUT2D eigenvalue weighted by Gasteiger charge is 2.37. The molecule has 1 rings (SSSR count). The van der Waals surface area contributed by atoms with Crippen molar-refractivity contribution in [3.63, 3.8) is 0 Å². The highest BCUT2D eigenvalue weighted by molar-refractivity contribution is 5.75. The first-order chi connectivity index (χ1) is 4.13. The number of carbonyl (C=O) groups excluding carboxylic acids is 1. The van der Waals surface area contributed by atoms with Crippen molar-refractivity contribution >= 4 is 5.97 Å². The molecule has 1 heterocycles. The van der Waals surface area contributed by atoms with Gasteiger partial charge in [0.2, 0.25) is 0 Å². The summed E-state index contributed by atoms with van der Waals surface area (Å²) in [6.07, 6.45) is -0.940. The topological polar surface area (TPSA) is 46.5 Å². The van der Waals surface area contributed by atoms with Gasteiger partial charge < -0.3 is 9.84 Å². The molecule has 0 bridgehead atoms. The summed E-state index contributed by atoms with van der Waals surface area (Å²) in [5, 5.41) is 9.09. The van der Waals surface area contributed by atoms with Crippen molar-refractivity contribution in [1.29, 1.82) is 0 Å². The molecule has 0 aliphatic carbocycles. The molecule has 0 amide bonds. The van der Waals surface area contributed by atoms with Gasteiger partial charge in [0, 0.05) is 0 Å². The van der Waals surface area contributed by atoms with Gasteiger partial charge in [-0.25, -0.2) is 0 Å². The van der Waals surface area contributed by atoms with Crippen LogP contribution in [0.4, 0.5) is 0 Å². The Bertz CT molecular complexity index is 132. The molecule has 0 aromatic heterocycles. The Labute approximate surface area is 53.6 Å². The van der Waals surface area contributed by atoms with E-state index in [4.69, 9.17) is 9.84 Å². The third-order valence-electron chi connectivity index (χ3n) is 1.67. The average molecular weight is 130 g/mol. The molecule has 1 fully saturated rings. The summed E-state index contributed by atoms with van der Waals surface area (Å²) >= 11 is 0. The molecular weight excluding hydrogens is 120 g/mol. The molecule has 1 N–H and O–H groups in total. The quantitative estimate of drug-likeness (QED) is 0.467. The van der Waals surface area contributed by atoms with Crippen LogP contribution in [-0.2, 0) is 9.53 Å². The van der Waals surface area contributed by atoms with Crippen LogP contribution in [0.3, 0.4) is 0 Å². The lowest BCUT2D eigenvalue weighted by atomic mass is 10.1. The van der Waals surface area contributed by atoms with Gasteiger partial charge in [-0.05, 0) is 13.8 Å². The largest absolute Gasteiger partial charge is 0.460 e. The molecule has 3 atom stereocenters. The van der Waals surface area contributed by atoms with Crippen LogP contribution in [0.1, 0.15) is 13.8 Å². The summed E-state index contributed by atoms with van der Waals surface area (Å²) in [6.45, 7) is 3.35. The molecule has 0 spiro atoms. The van der Waals surface area contributed by atoms with Crippen LogP contribution in [0.2, 0.25) is 0 Å². The molecule has 0 saturated carbocycles. The van der Waals surface area contributed by atoms with E-state index < -0.39 is 6.10 Å². The summed E-state index contributed by atoms with van der Waals surface area (Å²) < 4.78 is 4.70. The van der Waals surface area contributed by atoms with E-state index in [9.17, 15) is 4.79 Å². The van der Waals surface area contributed by atoms with E-state index in [1.165, 1.54) is 0 Å². The van der Waals surface area contributed by atoms with E-state index in [1.54, 1.807) is 13.8 Å². The third-order valence-corrected chi connectivity index (χ3v) is 1.67. The summed E-state index contributed by atoms with van der Waals surface area (Å²) in [7, 11) is 0. The van der Waals surface area contributed by atoms with E-state index in [0.29, 0.717) is 0 Å². The highest BCUT2D eigenvalue weighted by Crippen LogP contribution is 2.20. The SMILES string of the molecule is C[C@@H]1C(=O)O[C@H](C)[C@@H]1O. The van der Waals surface area contributed by atoms with Gasteiger partial charge in [0.15, 0.2) is 0 Å². The Morgan fingerprint density at radius 3 is 2.22 bits per heavy atom. The second kappa shape index (κ2) is 1.99. The highest BCUT2D eigenvalue weighted by atomic mass is 16.6. The van der Waals surface area contributed by atoms with E-state index >= 15 is 0 Å². The van der Waals surface area contributed by atoms with Crippen molar-refractivity contribution in [3.05, 3.63) is 0 Å². The molecule has 52 valence electrons. The molecule has 0 radical (unpaired) electrons. The number of aliphatic hydroxyl groups is 1. The zero-order valence-electron chi connectivity index (χ0n) is 5.50. The number of cyclic esters (lactones) is 1. The van der Waals surface area contributed by atoms with Gasteiger partial charge in [0.05, 0.1) is 5.92 Å². The van der Waals surface area contributed by atoms with Crippen LogP contribution < -0.4 is 0 Å². The first-order valence-electron chi connectivity index (χ1n) is 3.01. The average Bonchev–Trinajstić information content (AvgIpc) is 1.98. The summed E-state index contributed by atoms with van der Waals surface area (Å²) in [6, 6.07) is 0. The van der Waals surface area contributed by atoms with Crippen LogP contribution >= 0.6 is 0 Å². The van der Waals surface area contributed by atoms with Gasteiger partial charge in [-0.2, -0.15) is 0 Å². The van der Waals surface area contributed by atoms with Crippen molar-refractivity contribution in [2.45, 2.75) is 26.1 Å². The monoisotopic (exact) mass is 130 g/mol. The maximum Gasteiger partial charge on any atom is 0.311 e. The number of rotatable bonds is 0. The number of aliphatic hydroxyl groups excluding tert-OH is 1. The zero-order chi connectivity index (χ0) is 7.02. The smallest absolute Gasteiger partial charge is 0.311 e. The van der Waals surface area contributed by atoms with Gasteiger partial charge in [-0.15, -0.1) is 0 Å². The normalized spacial score (nSPS) is 43.0. The van der Waals surface area contributed by atoms with Gasteiger partial charge in [-0.3, -0.25) is 4.79 Å². The van der Waals surface area contributed by atoms with E-state index in [1.807, 2.05) is 0 Å². The van der Waals surface area contributed by atoms with Gasteiger partial charge in [0.25, 0.3) is 0 Å². The summed E-state index contributed by atoms with van der Waals surface area (Å²) in [5.74, 6) is -0.644. The van der Waals surface area contributed by atoms with Gasteiger partial charge >= 0.3 is 5.97 Å². The van der Waals surface area contributed by atoms with Crippen LogP contribution in [0.5, 0.6) is 0 Å². The maximum atomic E-state index is 10.6. The van der Waals surface area contributed by atoms with Gasteiger partial charge in [0.1, 0.15) is 12.2 Å². The molecule has 1 aliphatic rings. The Balaban J connectivity index is 2.65. The number of ether oxygens (including phenoxy) is 1. The van der Waals surface area contributed by atoms with Crippen LogP contribution in [0, 0.1) is 5.92 Å². The zero-order valence-corrected chi connectivity index (χ0v) is 5.50. The standard InChI is InChI=1S/C6H10O3/c1-3-5(7)4(2)9-6(3)8/h3-5,7H,1-2H3/t3-,4+,5+/m0/s1. The Kier molecular flexibility index (Phi) is 1.45. The fourth-order valence-electron chi connectivity index (χ4n) is 0.906. The van der Waals surface area contributed by atoms with Crippen molar-refractivity contribution < 1.29 is 14.6 Å². The van der Waals surface area contributed by atoms with Crippen LogP contribution in [0.15, 0.2) is 0 Å². The van der Waals surface area contributed by atoms with E-state index in [0.717, 1.165) is 0 Å². The van der Waals surface area contributed by atoms with Crippen LogP contribution in [0.25, 0.3) is 0 Å². The molecule has 0 unspecified atom stereocenters. The minimum absolute atomic E-state index is 0.296. The van der Waals surface area contributed by atoms with Crippen molar-refractivity contribution in [2.75, 3.05) is 0 Å². The summed E-state index contributed by atoms with van der Waals surface area (Å²) in [4.78, 5) is 10.6. The Morgan fingerprint density at radius 1 is 1.56 bits per heavy atom. The van der Waals surface area contributed by atoms with Gasteiger partial charge in [-0.1, -0.05) is 0 Å².